The average molecular weight is 263 g/mol. The molecule has 1 aliphatic carbocycles. The van der Waals surface area contributed by atoms with Gasteiger partial charge < -0.3 is 9.88 Å². The van der Waals surface area contributed by atoms with Crippen LogP contribution in [0.3, 0.4) is 0 Å². The zero-order valence-electron chi connectivity index (χ0n) is 12.9. The van der Waals surface area contributed by atoms with Gasteiger partial charge in [-0.3, -0.25) is 0 Å². The van der Waals surface area contributed by atoms with Gasteiger partial charge in [-0.05, 0) is 38.0 Å². The van der Waals surface area contributed by atoms with Gasteiger partial charge in [-0.2, -0.15) is 0 Å². The van der Waals surface area contributed by atoms with E-state index in [0.717, 1.165) is 30.0 Å². The molecule has 1 fully saturated rings. The molecule has 108 valence electrons. The summed E-state index contributed by atoms with van der Waals surface area (Å²) in [6.07, 6.45) is 8.59. The number of hydrogen-bond acceptors (Lipinski definition) is 2. The molecule has 0 aromatic carbocycles. The molecule has 3 atom stereocenters. The van der Waals surface area contributed by atoms with Gasteiger partial charge in [0.1, 0.15) is 0 Å². The van der Waals surface area contributed by atoms with Crippen molar-refractivity contribution in [3.05, 3.63) is 11.9 Å². The lowest BCUT2D eigenvalue weighted by molar-refractivity contribution is 0.390. The maximum atomic E-state index is 4.66. The zero-order chi connectivity index (χ0) is 13.8. The van der Waals surface area contributed by atoms with E-state index in [1.165, 1.54) is 32.1 Å². The Bertz CT molecular complexity index is 397. The number of anilines is 1. The number of aryl methyl sites for hydroxylation is 2. The monoisotopic (exact) mass is 263 g/mol. The third-order valence-corrected chi connectivity index (χ3v) is 4.72. The molecule has 1 N–H and O–H groups in total. The van der Waals surface area contributed by atoms with E-state index in [4.69, 9.17) is 0 Å². The highest BCUT2D eigenvalue weighted by Gasteiger charge is 2.32. The summed E-state index contributed by atoms with van der Waals surface area (Å²) in [5.41, 5.74) is 1.12. The minimum Gasteiger partial charge on any atom is -0.353 e. The summed E-state index contributed by atoms with van der Waals surface area (Å²) in [6, 6.07) is 0.604. The Morgan fingerprint density at radius 2 is 2.16 bits per heavy atom. The van der Waals surface area contributed by atoms with Gasteiger partial charge in [0.15, 0.2) is 0 Å². The van der Waals surface area contributed by atoms with Crippen LogP contribution >= 0.6 is 0 Å². The Morgan fingerprint density at radius 3 is 2.79 bits per heavy atom. The summed E-state index contributed by atoms with van der Waals surface area (Å²) < 4.78 is 2.30. The first-order valence-corrected chi connectivity index (χ1v) is 7.96. The number of unbranched alkanes of at least 4 members (excludes halogenated alkanes) is 1. The molecule has 1 aromatic heterocycles. The van der Waals surface area contributed by atoms with E-state index >= 15 is 0 Å². The van der Waals surface area contributed by atoms with Crippen molar-refractivity contribution in [3.63, 3.8) is 0 Å². The fraction of sp³-hybridized carbons (Fsp3) is 0.812. The van der Waals surface area contributed by atoms with Crippen LogP contribution in [0.25, 0.3) is 0 Å². The number of imidazole rings is 1. The summed E-state index contributed by atoms with van der Waals surface area (Å²) in [4.78, 5) is 4.66. The SMILES string of the molecule is CCCCn1cc(C)nc1NC1CCC(CC)C1C. The lowest BCUT2D eigenvalue weighted by Gasteiger charge is -2.22. The third kappa shape index (κ3) is 3.31. The zero-order valence-corrected chi connectivity index (χ0v) is 12.9. The topological polar surface area (TPSA) is 29.9 Å². The molecule has 3 heteroatoms. The van der Waals surface area contributed by atoms with Crippen molar-refractivity contribution in [2.45, 2.75) is 72.4 Å². The summed E-state index contributed by atoms with van der Waals surface area (Å²) in [5.74, 6) is 2.74. The van der Waals surface area contributed by atoms with Crippen molar-refractivity contribution >= 4 is 5.95 Å². The molecule has 19 heavy (non-hydrogen) atoms. The number of nitrogens with one attached hydrogen (secondary N) is 1. The smallest absolute Gasteiger partial charge is 0.203 e. The predicted octanol–water partition coefficient (Wildman–Crippen LogP) is 4.23. The van der Waals surface area contributed by atoms with Gasteiger partial charge >= 0.3 is 0 Å². The van der Waals surface area contributed by atoms with Crippen molar-refractivity contribution in [2.24, 2.45) is 11.8 Å². The van der Waals surface area contributed by atoms with Crippen LogP contribution in [-0.2, 0) is 6.54 Å². The van der Waals surface area contributed by atoms with Crippen LogP contribution in [0.4, 0.5) is 5.95 Å². The first kappa shape index (κ1) is 14.4. The van der Waals surface area contributed by atoms with E-state index in [0.29, 0.717) is 6.04 Å². The van der Waals surface area contributed by atoms with Crippen LogP contribution in [0, 0.1) is 18.8 Å². The first-order valence-electron chi connectivity index (χ1n) is 7.96. The Hall–Kier alpha value is -0.990. The number of nitrogens with zero attached hydrogens (tertiary/aromatic N) is 2. The maximum Gasteiger partial charge on any atom is 0.203 e. The van der Waals surface area contributed by atoms with Crippen molar-refractivity contribution in [1.29, 1.82) is 0 Å². The van der Waals surface area contributed by atoms with E-state index in [1.807, 2.05) is 0 Å². The molecule has 1 aromatic rings. The van der Waals surface area contributed by atoms with Crippen LogP contribution in [0.5, 0.6) is 0 Å². The molecule has 0 radical (unpaired) electrons. The number of aromatic nitrogens is 2. The van der Waals surface area contributed by atoms with Gasteiger partial charge in [-0.25, -0.2) is 4.98 Å². The highest BCUT2D eigenvalue weighted by molar-refractivity contribution is 5.31. The van der Waals surface area contributed by atoms with Gasteiger partial charge in [-0.15, -0.1) is 0 Å². The average Bonchev–Trinajstić information content (AvgIpc) is 2.92. The van der Waals surface area contributed by atoms with Gasteiger partial charge in [0.05, 0.1) is 5.69 Å². The molecule has 3 nitrogen and oxygen atoms in total. The van der Waals surface area contributed by atoms with Crippen molar-refractivity contribution in [2.75, 3.05) is 5.32 Å². The summed E-state index contributed by atoms with van der Waals surface area (Å²) in [5, 5.41) is 3.71. The Kier molecular flexibility index (Phi) is 4.89. The van der Waals surface area contributed by atoms with Crippen LogP contribution in [0.15, 0.2) is 6.20 Å². The molecule has 1 aliphatic rings. The highest BCUT2D eigenvalue weighted by Crippen LogP contribution is 2.35. The van der Waals surface area contributed by atoms with Gasteiger partial charge in [0, 0.05) is 18.8 Å². The number of hydrogen-bond donors (Lipinski definition) is 1. The van der Waals surface area contributed by atoms with Crippen molar-refractivity contribution < 1.29 is 0 Å². The molecule has 2 rings (SSSR count). The normalized spacial score (nSPS) is 26.8. The van der Waals surface area contributed by atoms with E-state index in [2.05, 4.69) is 48.8 Å². The molecule has 1 heterocycles. The van der Waals surface area contributed by atoms with Crippen LogP contribution in [0.2, 0.25) is 0 Å². The van der Waals surface area contributed by atoms with Gasteiger partial charge in [0.25, 0.3) is 0 Å². The number of rotatable bonds is 6. The predicted molar refractivity (Wildman–Crippen MR) is 81.5 cm³/mol. The second-order valence-electron chi connectivity index (χ2n) is 6.11. The van der Waals surface area contributed by atoms with E-state index < -0.39 is 0 Å². The fourth-order valence-electron chi connectivity index (χ4n) is 3.35. The van der Waals surface area contributed by atoms with E-state index in [-0.39, 0.29) is 0 Å². The molecule has 0 spiro atoms. The first-order chi connectivity index (χ1) is 9.15. The van der Waals surface area contributed by atoms with E-state index in [1.54, 1.807) is 0 Å². The molecule has 0 saturated heterocycles. The van der Waals surface area contributed by atoms with Crippen molar-refractivity contribution in [1.82, 2.24) is 9.55 Å². The Labute approximate surface area is 117 Å². The minimum absolute atomic E-state index is 0.604. The standard InChI is InChI=1S/C16H29N3/c1-5-7-10-19-11-12(3)17-16(19)18-15-9-8-14(6-2)13(15)4/h11,13-15H,5-10H2,1-4H3,(H,17,18). The van der Waals surface area contributed by atoms with Crippen molar-refractivity contribution in [3.8, 4) is 0 Å². The lowest BCUT2D eigenvalue weighted by Crippen LogP contribution is -2.26. The summed E-state index contributed by atoms with van der Waals surface area (Å²) in [7, 11) is 0. The molecule has 0 amide bonds. The van der Waals surface area contributed by atoms with Crippen LogP contribution in [0.1, 0.15) is 58.6 Å². The molecule has 0 bridgehead atoms. The Morgan fingerprint density at radius 1 is 1.37 bits per heavy atom. The second kappa shape index (κ2) is 6.44. The van der Waals surface area contributed by atoms with Gasteiger partial charge in [-0.1, -0.05) is 33.6 Å². The maximum absolute atomic E-state index is 4.66. The van der Waals surface area contributed by atoms with E-state index in [9.17, 15) is 0 Å². The molecular weight excluding hydrogens is 234 g/mol. The largest absolute Gasteiger partial charge is 0.353 e. The second-order valence-corrected chi connectivity index (χ2v) is 6.11. The summed E-state index contributed by atoms with van der Waals surface area (Å²) in [6.45, 7) is 10.1. The molecule has 0 aliphatic heterocycles. The Balaban J connectivity index is 2.02. The lowest BCUT2D eigenvalue weighted by atomic mass is 9.94. The van der Waals surface area contributed by atoms with Crippen LogP contribution < -0.4 is 5.32 Å². The molecule has 1 saturated carbocycles. The third-order valence-electron chi connectivity index (χ3n) is 4.72. The molecule has 3 unspecified atom stereocenters. The summed E-state index contributed by atoms with van der Waals surface area (Å²) >= 11 is 0. The quantitative estimate of drug-likeness (QED) is 0.832. The fourth-order valence-corrected chi connectivity index (χ4v) is 3.35. The minimum atomic E-state index is 0.604. The molecular formula is C16H29N3. The highest BCUT2D eigenvalue weighted by atomic mass is 15.2. The van der Waals surface area contributed by atoms with Crippen LogP contribution in [-0.4, -0.2) is 15.6 Å². The van der Waals surface area contributed by atoms with Gasteiger partial charge in [0.2, 0.25) is 5.95 Å².